The van der Waals surface area contributed by atoms with Crippen LogP contribution in [0.5, 0.6) is 0 Å². The van der Waals surface area contributed by atoms with E-state index in [-0.39, 0.29) is 11.8 Å². The number of halogens is 1. The topological polar surface area (TPSA) is 42.4 Å². The average Bonchev–Trinajstić information content (AvgIpc) is 2.74. The molecule has 0 spiro atoms. The summed E-state index contributed by atoms with van der Waals surface area (Å²) in [7, 11) is 1.38. The quantitative estimate of drug-likeness (QED) is 0.550. The van der Waals surface area contributed by atoms with Crippen molar-refractivity contribution in [3.63, 3.8) is 0 Å². The highest BCUT2D eigenvalue weighted by Gasteiger charge is 2.11. The van der Waals surface area contributed by atoms with Gasteiger partial charge in [-0.1, -0.05) is 30.3 Å². The Hall–Kier alpha value is -3.05. The van der Waals surface area contributed by atoms with Gasteiger partial charge in [0, 0.05) is 37.9 Å². The number of nitrogens with zero attached hydrogens (tertiary/aromatic N) is 2. The third-order valence-electron chi connectivity index (χ3n) is 4.48. The molecule has 28 heavy (non-hydrogen) atoms. The summed E-state index contributed by atoms with van der Waals surface area (Å²) in [6.45, 7) is 2.13. The Labute approximate surface area is 164 Å². The Morgan fingerprint density at radius 1 is 1.00 bits per heavy atom. The van der Waals surface area contributed by atoms with Crippen molar-refractivity contribution in [3.05, 3.63) is 101 Å². The molecule has 1 aromatic heterocycles. The number of esters is 1. The summed E-state index contributed by atoms with van der Waals surface area (Å²) in [6.07, 6.45) is 2.60. The van der Waals surface area contributed by atoms with Crippen molar-refractivity contribution in [2.75, 3.05) is 13.7 Å². The van der Waals surface area contributed by atoms with Crippen molar-refractivity contribution >= 4 is 5.97 Å². The lowest BCUT2D eigenvalue weighted by atomic mass is 10.1. The van der Waals surface area contributed by atoms with Crippen LogP contribution >= 0.6 is 0 Å². The van der Waals surface area contributed by atoms with Crippen molar-refractivity contribution in [3.8, 4) is 0 Å². The van der Waals surface area contributed by atoms with E-state index >= 15 is 0 Å². The molecule has 4 nitrogen and oxygen atoms in total. The van der Waals surface area contributed by atoms with E-state index in [1.807, 2.05) is 36.4 Å². The SMILES string of the molecule is COC(=O)c1cccc(CN(CCc2ccccn2)Cc2ccc(F)cc2)c1. The molecule has 0 saturated heterocycles. The lowest BCUT2D eigenvalue weighted by molar-refractivity contribution is 0.0600. The van der Waals surface area contributed by atoms with Crippen LogP contribution in [0.2, 0.25) is 0 Å². The predicted molar refractivity (Wildman–Crippen MR) is 106 cm³/mol. The molecule has 0 aliphatic carbocycles. The van der Waals surface area contributed by atoms with E-state index in [1.54, 1.807) is 24.4 Å². The molecular formula is C23H23FN2O2. The summed E-state index contributed by atoms with van der Waals surface area (Å²) in [4.78, 5) is 18.5. The fourth-order valence-electron chi connectivity index (χ4n) is 3.05. The molecule has 0 atom stereocenters. The van der Waals surface area contributed by atoms with Gasteiger partial charge in [-0.3, -0.25) is 9.88 Å². The number of pyridine rings is 1. The number of hydrogen-bond acceptors (Lipinski definition) is 4. The van der Waals surface area contributed by atoms with Crippen molar-refractivity contribution in [2.24, 2.45) is 0 Å². The number of carbonyl (C=O) groups is 1. The van der Waals surface area contributed by atoms with E-state index in [0.29, 0.717) is 18.7 Å². The van der Waals surface area contributed by atoms with Crippen molar-refractivity contribution in [2.45, 2.75) is 19.5 Å². The lowest BCUT2D eigenvalue weighted by Gasteiger charge is -2.23. The number of ether oxygens (including phenoxy) is 1. The van der Waals surface area contributed by atoms with Crippen LogP contribution in [0, 0.1) is 5.82 Å². The molecule has 144 valence electrons. The molecular weight excluding hydrogens is 355 g/mol. The maximum atomic E-state index is 13.2. The number of benzene rings is 2. The molecule has 0 unspecified atom stereocenters. The standard InChI is InChI=1S/C23H23FN2O2/c1-28-23(27)20-6-4-5-19(15-20)17-26(14-12-22-7-2-3-13-25-22)16-18-8-10-21(24)11-9-18/h2-11,13,15H,12,14,16-17H2,1H3. The van der Waals surface area contributed by atoms with Crippen LogP contribution in [0.25, 0.3) is 0 Å². The van der Waals surface area contributed by atoms with Gasteiger partial charge in [0.05, 0.1) is 12.7 Å². The van der Waals surface area contributed by atoms with E-state index in [0.717, 1.165) is 29.8 Å². The Bertz CT molecular complexity index is 898. The number of aromatic nitrogens is 1. The summed E-state index contributed by atoms with van der Waals surface area (Å²) < 4.78 is 18.0. The van der Waals surface area contributed by atoms with Gasteiger partial charge in [-0.05, 0) is 47.5 Å². The summed E-state index contributed by atoms with van der Waals surface area (Å²) in [5.74, 6) is -0.588. The molecule has 3 rings (SSSR count). The number of carbonyl (C=O) groups excluding carboxylic acids is 1. The second kappa shape index (κ2) is 9.76. The van der Waals surface area contributed by atoms with Crippen LogP contribution in [-0.4, -0.2) is 29.5 Å². The molecule has 0 saturated carbocycles. The lowest BCUT2D eigenvalue weighted by Crippen LogP contribution is -2.25. The van der Waals surface area contributed by atoms with Crippen LogP contribution in [0.15, 0.2) is 72.9 Å². The molecule has 0 amide bonds. The zero-order valence-corrected chi connectivity index (χ0v) is 15.8. The largest absolute Gasteiger partial charge is 0.465 e. The third kappa shape index (κ3) is 5.72. The first-order valence-electron chi connectivity index (χ1n) is 9.18. The summed E-state index contributed by atoms with van der Waals surface area (Å²) in [6, 6.07) is 19.9. The van der Waals surface area contributed by atoms with Gasteiger partial charge < -0.3 is 4.74 Å². The zero-order chi connectivity index (χ0) is 19.8. The highest BCUT2D eigenvalue weighted by Crippen LogP contribution is 2.14. The second-order valence-electron chi connectivity index (χ2n) is 6.60. The normalized spacial score (nSPS) is 10.8. The fourth-order valence-corrected chi connectivity index (χ4v) is 3.05. The van der Waals surface area contributed by atoms with Gasteiger partial charge in [0.15, 0.2) is 0 Å². The second-order valence-corrected chi connectivity index (χ2v) is 6.60. The van der Waals surface area contributed by atoms with Crippen molar-refractivity contribution in [1.82, 2.24) is 9.88 Å². The van der Waals surface area contributed by atoms with Crippen LogP contribution in [0.3, 0.4) is 0 Å². The Morgan fingerprint density at radius 3 is 2.50 bits per heavy atom. The molecule has 1 heterocycles. The molecule has 0 N–H and O–H groups in total. The maximum absolute atomic E-state index is 13.2. The number of rotatable bonds is 8. The molecule has 0 radical (unpaired) electrons. The first-order chi connectivity index (χ1) is 13.6. The van der Waals surface area contributed by atoms with Crippen molar-refractivity contribution < 1.29 is 13.9 Å². The minimum atomic E-state index is -0.347. The molecule has 0 bridgehead atoms. The van der Waals surface area contributed by atoms with Gasteiger partial charge in [-0.2, -0.15) is 0 Å². The van der Waals surface area contributed by atoms with E-state index < -0.39 is 0 Å². The minimum Gasteiger partial charge on any atom is -0.465 e. The highest BCUT2D eigenvalue weighted by atomic mass is 19.1. The van der Waals surface area contributed by atoms with Crippen LogP contribution in [-0.2, 0) is 24.2 Å². The Morgan fingerprint density at radius 2 is 1.79 bits per heavy atom. The molecule has 0 aliphatic rings. The summed E-state index contributed by atoms with van der Waals surface area (Å²) >= 11 is 0. The zero-order valence-electron chi connectivity index (χ0n) is 15.8. The smallest absolute Gasteiger partial charge is 0.337 e. The predicted octanol–water partition coefficient (Wildman–Crippen LogP) is 4.25. The van der Waals surface area contributed by atoms with Gasteiger partial charge >= 0.3 is 5.97 Å². The molecule has 2 aromatic carbocycles. The average molecular weight is 378 g/mol. The first kappa shape index (κ1) is 19.7. The monoisotopic (exact) mass is 378 g/mol. The molecule has 0 aliphatic heterocycles. The first-order valence-corrected chi connectivity index (χ1v) is 9.18. The van der Waals surface area contributed by atoms with Crippen LogP contribution < -0.4 is 0 Å². The van der Waals surface area contributed by atoms with Gasteiger partial charge in [0.25, 0.3) is 0 Å². The fraction of sp³-hybridized carbons (Fsp3) is 0.217. The molecule has 0 fully saturated rings. The number of methoxy groups -OCH3 is 1. The van der Waals surface area contributed by atoms with Gasteiger partial charge in [0.2, 0.25) is 0 Å². The van der Waals surface area contributed by atoms with E-state index in [1.165, 1.54) is 19.2 Å². The number of hydrogen-bond donors (Lipinski definition) is 0. The summed E-state index contributed by atoms with van der Waals surface area (Å²) in [5, 5.41) is 0. The van der Waals surface area contributed by atoms with E-state index in [9.17, 15) is 9.18 Å². The van der Waals surface area contributed by atoms with E-state index in [4.69, 9.17) is 4.74 Å². The Balaban J connectivity index is 1.74. The van der Waals surface area contributed by atoms with Gasteiger partial charge in [-0.15, -0.1) is 0 Å². The maximum Gasteiger partial charge on any atom is 0.337 e. The van der Waals surface area contributed by atoms with Gasteiger partial charge in [-0.25, -0.2) is 9.18 Å². The van der Waals surface area contributed by atoms with Crippen LogP contribution in [0.1, 0.15) is 27.2 Å². The Kier molecular flexibility index (Phi) is 6.87. The third-order valence-corrected chi connectivity index (χ3v) is 4.48. The summed E-state index contributed by atoms with van der Waals surface area (Å²) in [5.41, 5.74) is 3.61. The van der Waals surface area contributed by atoms with E-state index in [2.05, 4.69) is 9.88 Å². The van der Waals surface area contributed by atoms with Crippen molar-refractivity contribution in [1.29, 1.82) is 0 Å². The molecule has 5 heteroatoms. The highest BCUT2D eigenvalue weighted by molar-refractivity contribution is 5.89. The minimum absolute atomic E-state index is 0.241. The molecule has 3 aromatic rings. The van der Waals surface area contributed by atoms with Crippen LogP contribution in [0.4, 0.5) is 4.39 Å². The van der Waals surface area contributed by atoms with Gasteiger partial charge in [0.1, 0.15) is 5.82 Å².